The smallest absolute Gasteiger partial charge is 0.411 e. The highest BCUT2D eigenvalue weighted by atomic mass is 16.5. The molecule has 0 bridgehead atoms. The number of methoxy groups -OCH3 is 1. The largest absolute Gasteiger partial charge is 0.453 e. The number of benzene rings is 1. The Kier molecular flexibility index (Phi) is 4.93. The minimum Gasteiger partial charge on any atom is -0.453 e. The summed E-state index contributed by atoms with van der Waals surface area (Å²) in [4.78, 5) is 19.8. The second-order valence-corrected chi connectivity index (χ2v) is 5.02. The van der Waals surface area contributed by atoms with Gasteiger partial charge < -0.3 is 10.1 Å². The van der Waals surface area contributed by atoms with E-state index in [1.807, 2.05) is 44.3 Å². The third-order valence-electron chi connectivity index (χ3n) is 3.30. The Hall–Kier alpha value is -2.63. The van der Waals surface area contributed by atoms with Gasteiger partial charge in [0.25, 0.3) is 0 Å². The number of rotatable bonds is 4. The molecule has 2 N–H and O–H groups in total. The molecule has 6 nitrogen and oxygen atoms in total. The lowest BCUT2D eigenvalue weighted by molar-refractivity contribution is 0.187. The molecule has 0 aliphatic heterocycles. The molecule has 1 amide bonds. The van der Waals surface area contributed by atoms with Crippen molar-refractivity contribution in [2.45, 2.75) is 26.8 Å². The van der Waals surface area contributed by atoms with Gasteiger partial charge in [-0.15, -0.1) is 0 Å². The molecule has 116 valence electrons. The van der Waals surface area contributed by atoms with E-state index in [0.717, 1.165) is 22.8 Å². The summed E-state index contributed by atoms with van der Waals surface area (Å²) in [6.45, 7) is 5.91. The first-order chi connectivity index (χ1) is 10.5. The topological polar surface area (TPSA) is 76.1 Å². The number of carbonyl (C=O) groups excluding carboxylic acids is 1. The quantitative estimate of drug-likeness (QED) is 0.904. The molecular weight excluding hydrogens is 280 g/mol. The molecule has 0 radical (unpaired) electrons. The summed E-state index contributed by atoms with van der Waals surface area (Å²) < 4.78 is 4.55. The fourth-order valence-electron chi connectivity index (χ4n) is 2.16. The Morgan fingerprint density at radius 1 is 1.18 bits per heavy atom. The van der Waals surface area contributed by atoms with Gasteiger partial charge in [0.2, 0.25) is 0 Å². The van der Waals surface area contributed by atoms with E-state index < -0.39 is 6.09 Å². The first-order valence-corrected chi connectivity index (χ1v) is 7.01. The molecule has 6 heteroatoms. The van der Waals surface area contributed by atoms with Crippen LogP contribution in [0.2, 0.25) is 0 Å². The summed E-state index contributed by atoms with van der Waals surface area (Å²) in [5, 5.41) is 6.00. The van der Waals surface area contributed by atoms with Crippen LogP contribution in [0, 0.1) is 13.8 Å². The molecule has 0 unspecified atom stereocenters. The van der Waals surface area contributed by atoms with Crippen molar-refractivity contribution in [2.75, 3.05) is 17.7 Å². The van der Waals surface area contributed by atoms with E-state index in [1.54, 1.807) is 0 Å². The molecule has 0 saturated carbocycles. The molecule has 0 saturated heterocycles. The number of hydrogen-bond acceptors (Lipinski definition) is 5. The molecule has 0 aliphatic carbocycles. The molecule has 2 aromatic rings. The normalized spacial score (nSPS) is 11.6. The number of nitrogens with one attached hydrogen (secondary N) is 2. The minimum absolute atomic E-state index is 0.0833. The van der Waals surface area contributed by atoms with Crippen LogP contribution in [0.4, 0.5) is 16.2 Å². The average Bonchev–Trinajstić information content (AvgIpc) is 2.49. The van der Waals surface area contributed by atoms with Gasteiger partial charge in [-0.2, -0.15) is 0 Å². The monoisotopic (exact) mass is 300 g/mol. The van der Waals surface area contributed by atoms with Crippen molar-refractivity contribution >= 4 is 17.5 Å². The molecule has 0 aliphatic rings. The van der Waals surface area contributed by atoms with Crippen LogP contribution in [0.1, 0.15) is 30.0 Å². The Morgan fingerprint density at radius 3 is 2.41 bits per heavy atom. The molecule has 22 heavy (non-hydrogen) atoms. The number of carbonyl (C=O) groups is 1. The number of amides is 1. The minimum atomic E-state index is -0.485. The van der Waals surface area contributed by atoms with Gasteiger partial charge in [-0.25, -0.2) is 14.8 Å². The lowest BCUT2D eigenvalue weighted by atomic mass is 10.1. The number of aryl methyl sites for hydroxylation is 2. The summed E-state index contributed by atoms with van der Waals surface area (Å²) in [6, 6.07) is 7.49. The van der Waals surface area contributed by atoms with Gasteiger partial charge in [-0.1, -0.05) is 0 Å². The average molecular weight is 300 g/mol. The van der Waals surface area contributed by atoms with Crippen molar-refractivity contribution in [1.82, 2.24) is 9.97 Å². The maximum Gasteiger partial charge on any atom is 0.411 e. The van der Waals surface area contributed by atoms with E-state index in [-0.39, 0.29) is 6.04 Å². The molecular formula is C16H20N4O2. The second-order valence-electron chi connectivity index (χ2n) is 5.02. The van der Waals surface area contributed by atoms with Gasteiger partial charge in [-0.05, 0) is 45.0 Å². The van der Waals surface area contributed by atoms with Crippen LogP contribution in [0.3, 0.4) is 0 Å². The van der Waals surface area contributed by atoms with E-state index in [0.29, 0.717) is 5.69 Å². The van der Waals surface area contributed by atoms with E-state index in [9.17, 15) is 4.79 Å². The molecule has 1 atom stereocenters. The van der Waals surface area contributed by atoms with Gasteiger partial charge >= 0.3 is 6.09 Å². The SMILES string of the molecule is COC(=O)Nc1ccc(N[C@@H](C)c2cnc(C)nc2C)cc1. The Balaban J connectivity index is 2.05. The first kappa shape index (κ1) is 15.8. The van der Waals surface area contributed by atoms with Crippen molar-refractivity contribution in [3.8, 4) is 0 Å². The predicted molar refractivity (Wildman–Crippen MR) is 86.0 cm³/mol. The summed E-state index contributed by atoms with van der Waals surface area (Å²) >= 11 is 0. The lowest BCUT2D eigenvalue weighted by Gasteiger charge is -2.17. The molecule has 1 aromatic heterocycles. The maximum absolute atomic E-state index is 11.1. The number of ether oxygens (including phenoxy) is 1. The highest BCUT2D eigenvalue weighted by Crippen LogP contribution is 2.22. The standard InChI is InChI=1S/C16H20N4O2/c1-10-15(9-17-12(3)18-10)11(2)19-13-5-7-14(8-6-13)20-16(21)22-4/h5-9,11,19H,1-4H3,(H,20,21)/t11-/m0/s1. The fourth-order valence-corrected chi connectivity index (χ4v) is 2.16. The molecule has 0 fully saturated rings. The van der Waals surface area contributed by atoms with Crippen LogP contribution in [-0.4, -0.2) is 23.2 Å². The first-order valence-electron chi connectivity index (χ1n) is 7.01. The Labute approximate surface area is 129 Å². The van der Waals surface area contributed by atoms with Crippen LogP contribution in [0.5, 0.6) is 0 Å². The zero-order valence-corrected chi connectivity index (χ0v) is 13.2. The van der Waals surface area contributed by atoms with Crippen LogP contribution in [0.15, 0.2) is 30.5 Å². The Bertz CT molecular complexity index is 656. The van der Waals surface area contributed by atoms with Gasteiger partial charge in [0.15, 0.2) is 0 Å². The number of hydrogen-bond donors (Lipinski definition) is 2. The van der Waals surface area contributed by atoms with E-state index in [2.05, 4.69) is 32.3 Å². The van der Waals surface area contributed by atoms with Crippen molar-refractivity contribution in [3.63, 3.8) is 0 Å². The van der Waals surface area contributed by atoms with Gasteiger partial charge in [0, 0.05) is 28.8 Å². The third-order valence-corrected chi connectivity index (χ3v) is 3.30. The maximum atomic E-state index is 11.1. The Morgan fingerprint density at radius 2 is 1.82 bits per heavy atom. The zero-order valence-electron chi connectivity index (χ0n) is 13.2. The summed E-state index contributed by atoms with van der Waals surface area (Å²) in [5.74, 6) is 0.770. The zero-order chi connectivity index (χ0) is 16.1. The fraction of sp³-hybridized carbons (Fsp3) is 0.312. The third kappa shape index (κ3) is 3.94. The molecule has 2 rings (SSSR count). The summed E-state index contributed by atoms with van der Waals surface area (Å²) in [6.07, 6.45) is 1.36. The van der Waals surface area contributed by atoms with E-state index >= 15 is 0 Å². The van der Waals surface area contributed by atoms with Crippen LogP contribution in [0.25, 0.3) is 0 Å². The number of nitrogens with zero attached hydrogens (tertiary/aromatic N) is 2. The van der Waals surface area contributed by atoms with Crippen molar-refractivity contribution in [1.29, 1.82) is 0 Å². The van der Waals surface area contributed by atoms with Gasteiger partial charge in [0.05, 0.1) is 13.2 Å². The number of aromatic nitrogens is 2. The van der Waals surface area contributed by atoms with Gasteiger partial charge in [0.1, 0.15) is 5.82 Å². The van der Waals surface area contributed by atoms with Crippen LogP contribution in [-0.2, 0) is 4.74 Å². The summed E-state index contributed by atoms with van der Waals surface area (Å²) in [7, 11) is 1.33. The lowest BCUT2D eigenvalue weighted by Crippen LogP contribution is -2.12. The molecule has 1 aromatic carbocycles. The van der Waals surface area contributed by atoms with Gasteiger partial charge in [-0.3, -0.25) is 5.32 Å². The van der Waals surface area contributed by atoms with Crippen molar-refractivity contribution in [2.24, 2.45) is 0 Å². The van der Waals surface area contributed by atoms with Crippen molar-refractivity contribution < 1.29 is 9.53 Å². The highest BCUT2D eigenvalue weighted by Gasteiger charge is 2.10. The van der Waals surface area contributed by atoms with Crippen LogP contribution >= 0.6 is 0 Å². The van der Waals surface area contributed by atoms with Crippen LogP contribution < -0.4 is 10.6 Å². The predicted octanol–water partition coefficient (Wildman–Crippen LogP) is 3.44. The highest BCUT2D eigenvalue weighted by molar-refractivity contribution is 5.84. The summed E-state index contributed by atoms with van der Waals surface area (Å²) in [5.41, 5.74) is 3.65. The molecule has 0 spiro atoms. The number of anilines is 2. The van der Waals surface area contributed by atoms with E-state index in [1.165, 1.54) is 7.11 Å². The van der Waals surface area contributed by atoms with Crippen molar-refractivity contribution in [3.05, 3.63) is 47.5 Å². The van der Waals surface area contributed by atoms with E-state index in [4.69, 9.17) is 0 Å². The molecule has 1 heterocycles. The second kappa shape index (κ2) is 6.89.